The Kier molecular flexibility index (Phi) is 4.08. The Labute approximate surface area is 97.0 Å². The first-order valence-corrected chi connectivity index (χ1v) is 8.34. The lowest BCUT2D eigenvalue weighted by Crippen LogP contribution is -2.24. The highest BCUT2D eigenvalue weighted by molar-refractivity contribution is 8.06. The minimum absolute atomic E-state index is 0.155. The van der Waals surface area contributed by atoms with E-state index in [1.807, 2.05) is 36.6 Å². The van der Waals surface area contributed by atoms with Gasteiger partial charge in [-0.2, -0.15) is 11.8 Å². The molecule has 1 atom stereocenters. The van der Waals surface area contributed by atoms with Crippen LogP contribution in [0.2, 0.25) is 0 Å². The molecule has 0 fully saturated rings. The minimum Gasteiger partial charge on any atom is -0.317 e. The quantitative estimate of drug-likeness (QED) is 0.750. The maximum atomic E-state index is 13.0. The Balaban J connectivity index is 3.20. The van der Waals surface area contributed by atoms with E-state index in [-0.39, 0.29) is 5.16 Å². The molecule has 0 N–H and O–H groups in total. The van der Waals surface area contributed by atoms with Crippen molar-refractivity contribution in [3.8, 4) is 0 Å². The van der Waals surface area contributed by atoms with Gasteiger partial charge in [0.15, 0.2) is 0 Å². The van der Waals surface area contributed by atoms with Gasteiger partial charge in [-0.1, -0.05) is 51.1 Å². The van der Waals surface area contributed by atoms with Crippen molar-refractivity contribution < 1.29 is 4.57 Å². The van der Waals surface area contributed by atoms with Crippen LogP contribution >= 0.6 is 18.9 Å². The van der Waals surface area contributed by atoms with Crippen LogP contribution in [-0.4, -0.2) is 16.9 Å². The highest BCUT2D eigenvalue weighted by Crippen LogP contribution is 2.58. The molecule has 0 aliphatic rings. The van der Waals surface area contributed by atoms with Crippen molar-refractivity contribution in [2.45, 2.75) is 25.9 Å². The zero-order valence-corrected chi connectivity index (χ0v) is 11.6. The largest absolute Gasteiger partial charge is 0.317 e. The van der Waals surface area contributed by atoms with Gasteiger partial charge in [0.2, 0.25) is 0 Å². The highest BCUT2D eigenvalue weighted by Gasteiger charge is 2.37. The summed E-state index contributed by atoms with van der Waals surface area (Å²) in [6.07, 6.45) is 2.02. The highest BCUT2D eigenvalue weighted by atomic mass is 32.2. The lowest BCUT2D eigenvalue weighted by molar-refractivity contribution is 0.560. The Hall–Kier alpha value is -0.200. The predicted molar refractivity (Wildman–Crippen MR) is 71.8 cm³/mol. The van der Waals surface area contributed by atoms with E-state index >= 15 is 0 Å². The van der Waals surface area contributed by atoms with Crippen LogP contribution in [-0.2, 0) is 4.57 Å². The maximum Gasteiger partial charge on any atom is 0.130 e. The molecule has 1 aromatic carbocycles. The van der Waals surface area contributed by atoms with Gasteiger partial charge in [-0.3, -0.25) is 0 Å². The SMILES string of the molecule is CSCP(=O)(c1ccccc1)C(C)(C)C. The normalized spacial score (nSPS) is 16.0. The molecule has 0 aliphatic carbocycles. The summed E-state index contributed by atoms with van der Waals surface area (Å²) in [6, 6.07) is 9.88. The molecule has 1 unspecified atom stereocenters. The van der Waals surface area contributed by atoms with Crippen molar-refractivity contribution in [1.82, 2.24) is 0 Å². The molecule has 15 heavy (non-hydrogen) atoms. The second-order valence-electron chi connectivity index (χ2n) is 4.66. The van der Waals surface area contributed by atoms with Crippen LogP contribution in [0.4, 0.5) is 0 Å². The lowest BCUT2D eigenvalue weighted by Gasteiger charge is -2.31. The molecule has 1 rings (SSSR count). The van der Waals surface area contributed by atoms with Gasteiger partial charge in [-0.05, 0) is 6.26 Å². The molecule has 1 nitrogen and oxygen atoms in total. The van der Waals surface area contributed by atoms with Crippen molar-refractivity contribution in [2.24, 2.45) is 0 Å². The predicted octanol–water partition coefficient (Wildman–Crippen LogP) is 3.79. The fourth-order valence-corrected chi connectivity index (χ4v) is 6.53. The van der Waals surface area contributed by atoms with E-state index in [1.54, 1.807) is 11.8 Å². The summed E-state index contributed by atoms with van der Waals surface area (Å²) >= 11 is 1.67. The molecule has 84 valence electrons. The summed E-state index contributed by atoms with van der Waals surface area (Å²) in [7, 11) is -2.29. The zero-order valence-electron chi connectivity index (χ0n) is 9.86. The van der Waals surface area contributed by atoms with Crippen LogP contribution in [0.25, 0.3) is 0 Å². The van der Waals surface area contributed by atoms with Gasteiger partial charge in [-0.15, -0.1) is 0 Å². The van der Waals surface area contributed by atoms with Crippen LogP contribution < -0.4 is 5.30 Å². The van der Waals surface area contributed by atoms with E-state index in [4.69, 9.17) is 0 Å². The zero-order chi connectivity index (χ0) is 11.5. The first-order chi connectivity index (χ1) is 6.92. The molecule has 0 spiro atoms. The van der Waals surface area contributed by atoms with Gasteiger partial charge in [-0.25, -0.2) is 0 Å². The van der Waals surface area contributed by atoms with E-state index < -0.39 is 7.14 Å². The average molecular weight is 242 g/mol. The molecule has 0 amide bonds. The van der Waals surface area contributed by atoms with E-state index in [1.165, 1.54) is 0 Å². The topological polar surface area (TPSA) is 17.1 Å². The van der Waals surface area contributed by atoms with Crippen molar-refractivity contribution in [3.05, 3.63) is 30.3 Å². The van der Waals surface area contributed by atoms with Crippen LogP contribution in [0.15, 0.2) is 30.3 Å². The smallest absolute Gasteiger partial charge is 0.130 e. The standard InChI is InChI=1S/C12H19OPS/c1-12(2,3)14(13,10-15-4)11-8-6-5-7-9-11/h5-9H,10H2,1-4H3. The van der Waals surface area contributed by atoms with Gasteiger partial charge in [0, 0.05) is 10.5 Å². The summed E-state index contributed by atoms with van der Waals surface area (Å²) in [4.78, 5) is 0. The Morgan fingerprint density at radius 2 is 1.73 bits per heavy atom. The lowest BCUT2D eigenvalue weighted by atomic mass is 10.3. The Morgan fingerprint density at radius 1 is 1.20 bits per heavy atom. The number of hydrogen-bond donors (Lipinski definition) is 0. The van der Waals surface area contributed by atoms with Gasteiger partial charge in [0.25, 0.3) is 0 Å². The third-order valence-corrected chi connectivity index (χ3v) is 8.35. The first-order valence-electron chi connectivity index (χ1n) is 5.05. The summed E-state index contributed by atoms with van der Waals surface area (Å²) < 4.78 is 13.0. The Morgan fingerprint density at radius 3 is 2.13 bits per heavy atom. The van der Waals surface area contributed by atoms with Crippen molar-refractivity contribution in [2.75, 3.05) is 11.7 Å². The molecule has 0 aliphatic heterocycles. The van der Waals surface area contributed by atoms with Crippen molar-refractivity contribution >= 4 is 24.2 Å². The van der Waals surface area contributed by atoms with Crippen molar-refractivity contribution in [3.63, 3.8) is 0 Å². The van der Waals surface area contributed by atoms with Gasteiger partial charge in [0.05, 0.1) is 5.49 Å². The second-order valence-corrected chi connectivity index (χ2v) is 9.61. The first kappa shape index (κ1) is 12.9. The van der Waals surface area contributed by atoms with Crippen LogP contribution in [0, 0.1) is 0 Å². The van der Waals surface area contributed by atoms with Gasteiger partial charge >= 0.3 is 0 Å². The van der Waals surface area contributed by atoms with Crippen LogP contribution in [0.1, 0.15) is 20.8 Å². The number of rotatable bonds is 3. The van der Waals surface area contributed by atoms with Gasteiger partial charge < -0.3 is 4.57 Å². The summed E-state index contributed by atoms with van der Waals surface area (Å²) in [5.74, 6) is 0. The average Bonchev–Trinajstić information content (AvgIpc) is 2.18. The van der Waals surface area contributed by atoms with E-state index in [2.05, 4.69) is 20.8 Å². The molecular weight excluding hydrogens is 223 g/mol. The molecule has 0 saturated carbocycles. The fraction of sp³-hybridized carbons (Fsp3) is 0.500. The third kappa shape index (κ3) is 2.68. The van der Waals surface area contributed by atoms with E-state index in [0.29, 0.717) is 0 Å². The Bertz CT molecular complexity index is 354. The molecule has 0 bridgehead atoms. The summed E-state index contributed by atoms with van der Waals surface area (Å²) in [5, 5.41) is 0.851. The van der Waals surface area contributed by atoms with Crippen LogP contribution in [0.3, 0.4) is 0 Å². The molecule has 0 saturated heterocycles. The number of benzene rings is 1. The molecule has 0 heterocycles. The second kappa shape index (κ2) is 4.76. The monoisotopic (exact) mass is 242 g/mol. The van der Waals surface area contributed by atoms with E-state index in [0.717, 1.165) is 10.8 Å². The molecule has 0 aromatic heterocycles. The summed E-state index contributed by atoms with van der Waals surface area (Å²) in [6.45, 7) is 6.20. The fourth-order valence-electron chi connectivity index (χ4n) is 1.51. The maximum absolute atomic E-state index is 13.0. The molecular formula is C12H19OPS. The minimum atomic E-state index is -2.29. The third-order valence-electron chi connectivity index (χ3n) is 2.57. The van der Waals surface area contributed by atoms with Gasteiger partial charge in [0.1, 0.15) is 7.14 Å². The van der Waals surface area contributed by atoms with Crippen LogP contribution in [0.5, 0.6) is 0 Å². The van der Waals surface area contributed by atoms with E-state index in [9.17, 15) is 4.57 Å². The molecule has 1 aromatic rings. The molecule has 0 radical (unpaired) electrons. The summed E-state index contributed by atoms with van der Waals surface area (Å²) in [5.41, 5.74) is 0.723. The van der Waals surface area contributed by atoms with Crippen molar-refractivity contribution in [1.29, 1.82) is 0 Å². The molecule has 3 heteroatoms. The number of thioether (sulfide) groups is 1. The number of hydrogen-bond acceptors (Lipinski definition) is 2.